The lowest BCUT2D eigenvalue weighted by molar-refractivity contribution is 0.0521. The van der Waals surface area contributed by atoms with Crippen molar-refractivity contribution in [2.75, 3.05) is 29.9 Å². The summed E-state index contributed by atoms with van der Waals surface area (Å²) in [7, 11) is -2.71. The van der Waals surface area contributed by atoms with Gasteiger partial charge in [-0.05, 0) is 80.3 Å². The minimum Gasteiger partial charge on any atom is -0.495 e. The standard InChI is InChI=1S/C27H26ClFN2O6S/c1-3-37-27(33)21-11-10-20(16-22(21)29)30-26(32)18-8-7-17-6-4-5-13-31(23(17)14-18)38(34,35)25-15-19(28)9-12-24(25)36-2/h7-12,14-16H,3-6,13H2,1-2H3,(H,30,32). The molecular weight excluding hydrogens is 535 g/mol. The highest BCUT2D eigenvalue weighted by molar-refractivity contribution is 7.93. The van der Waals surface area contributed by atoms with Crippen LogP contribution in [0.5, 0.6) is 5.75 Å². The number of aryl methyl sites for hydroxylation is 1. The first-order valence-corrected chi connectivity index (χ1v) is 13.7. The van der Waals surface area contributed by atoms with Crippen molar-refractivity contribution in [2.45, 2.75) is 31.1 Å². The molecule has 200 valence electrons. The molecule has 4 rings (SSSR count). The van der Waals surface area contributed by atoms with Crippen molar-refractivity contribution in [2.24, 2.45) is 0 Å². The number of hydrogen-bond donors (Lipinski definition) is 1. The van der Waals surface area contributed by atoms with E-state index in [0.29, 0.717) is 18.5 Å². The molecule has 0 aliphatic carbocycles. The second-order valence-corrected chi connectivity index (χ2v) is 10.8. The van der Waals surface area contributed by atoms with E-state index in [4.69, 9.17) is 21.1 Å². The Labute approximate surface area is 225 Å². The van der Waals surface area contributed by atoms with Crippen LogP contribution >= 0.6 is 11.6 Å². The maximum atomic E-state index is 14.4. The highest BCUT2D eigenvalue weighted by atomic mass is 35.5. The van der Waals surface area contributed by atoms with Gasteiger partial charge in [0.1, 0.15) is 16.5 Å². The number of nitrogens with one attached hydrogen (secondary N) is 1. The molecule has 1 heterocycles. The number of nitrogens with zero attached hydrogens (tertiary/aromatic N) is 1. The molecule has 0 radical (unpaired) electrons. The average molecular weight is 561 g/mol. The van der Waals surface area contributed by atoms with Crippen LogP contribution in [0.15, 0.2) is 59.5 Å². The van der Waals surface area contributed by atoms with Crippen molar-refractivity contribution in [1.82, 2.24) is 0 Å². The number of sulfonamides is 1. The molecule has 3 aromatic carbocycles. The zero-order valence-corrected chi connectivity index (χ0v) is 22.4. The lowest BCUT2D eigenvalue weighted by atomic mass is 10.0. The summed E-state index contributed by atoms with van der Waals surface area (Å²) in [5, 5.41) is 2.84. The van der Waals surface area contributed by atoms with Crippen molar-refractivity contribution in [3.8, 4) is 5.75 Å². The summed E-state index contributed by atoms with van der Waals surface area (Å²) >= 11 is 6.11. The number of carbonyl (C=O) groups excluding carboxylic acids is 2. The molecule has 0 fully saturated rings. The summed E-state index contributed by atoms with van der Waals surface area (Å²) in [6.07, 6.45) is 2.02. The second-order valence-electron chi connectivity index (χ2n) is 8.54. The first-order chi connectivity index (χ1) is 18.1. The minimum absolute atomic E-state index is 0.0765. The van der Waals surface area contributed by atoms with Gasteiger partial charge in [-0.25, -0.2) is 17.6 Å². The van der Waals surface area contributed by atoms with Crippen molar-refractivity contribution < 1.29 is 31.9 Å². The fourth-order valence-electron chi connectivity index (χ4n) is 4.23. The summed E-state index contributed by atoms with van der Waals surface area (Å²) < 4.78 is 53.4. The number of ether oxygens (including phenoxy) is 2. The van der Waals surface area contributed by atoms with Crippen molar-refractivity contribution in [1.29, 1.82) is 0 Å². The lowest BCUT2D eigenvalue weighted by Crippen LogP contribution is -2.32. The zero-order valence-electron chi connectivity index (χ0n) is 20.8. The molecule has 8 nitrogen and oxygen atoms in total. The Morgan fingerprint density at radius 3 is 2.58 bits per heavy atom. The molecular formula is C27H26ClFN2O6S. The van der Waals surface area contributed by atoms with E-state index in [0.717, 1.165) is 18.1 Å². The maximum Gasteiger partial charge on any atom is 0.341 e. The van der Waals surface area contributed by atoms with Gasteiger partial charge in [-0.1, -0.05) is 17.7 Å². The number of hydrogen-bond acceptors (Lipinski definition) is 6. The predicted octanol–water partition coefficient (Wildman–Crippen LogP) is 5.45. The molecule has 3 aromatic rings. The van der Waals surface area contributed by atoms with Gasteiger partial charge < -0.3 is 14.8 Å². The van der Waals surface area contributed by atoms with Gasteiger partial charge >= 0.3 is 5.97 Å². The number of amides is 1. The predicted molar refractivity (Wildman–Crippen MR) is 142 cm³/mol. The van der Waals surface area contributed by atoms with E-state index in [-0.39, 0.29) is 45.6 Å². The molecule has 0 saturated carbocycles. The summed E-state index contributed by atoms with van der Waals surface area (Å²) in [6.45, 7) is 1.92. The van der Waals surface area contributed by atoms with Crippen LogP contribution in [0.1, 0.15) is 46.0 Å². The van der Waals surface area contributed by atoms with E-state index in [2.05, 4.69) is 5.32 Å². The normalized spacial score (nSPS) is 13.3. The van der Waals surface area contributed by atoms with E-state index in [1.165, 1.54) is 41.7 Å². The van der Waals surface area contributed by atoms with E-state index in [1.807, 2.05) is 0 Å². The number of carbonyl (C=O) groups is 2. The van der Waals surface area contributed by atoms with Gasteiger partial charge in [-0.15, -0.1) is 0 Å². The minimum atomic E-state index is -4.09. The number of esters is 1. The Bertz CT molecular complexity index is 1490. The Balaban J connectivity index is 1.67. The molecule has 38 heavy (non-hydrogen) atoms. The second kappa shape index (κ2) is 11.4. The molecule has 1 N–H and O–H groups in total. The number of methoxy groups -OCH3 is 1. The van der Waals surface area contributed by atoms with Crippen molar-refractivity contribution in [3.05, 3.63) is 82.1 Å². The molecule has 0 spiro atoms. The topological polar surface area (TPSA) is 102 Å². The van der Waals surface area contributed by atoms with Gasteiger partial charge in [-0.2, -0.15) is 0 Å². The first-order valence-electron chi connectivity index (χ1n) is 11.9. The molecule has 0 unspecified atom stereocenters. The highest BCUT2D eigenvalue weighted by Gasteiger charge is 2.31. The van der Waals surface area contributed by atoms with Gasteiger partial charge in [0, 0.05) is 22.8 Å². The van der Waals surface area contributed by atoms with Gasteiger partial charge in [0.05, 0.1) is 25.0 Å². The first kappa shape index (κ1) is 27.4. The Hall–Kier alpha value is -3.63. The molecule has 1 aliphatic heterocycles. The van der Waals surface area contributed by atoms with Crippen LogP contribution in [-0.2, 0) is 21.2 Å². The monoisotopic (exact) mass is 560 g/mol. The Morgan fingerprint density at radius 2 is 1.87 bits per heavy atom. The molecule has 0 atom stereocenters. The van der Waals surface area contributed by atoms with E-state index in [9.17, 15) is 22.4 Å². The van der Waals surface area contributed by atoms with Crippen LogP contribution in [0.2, 0.25) is 5.02 Å². The lowest BCUT2D eigenvalue weighted by Gasteiger charge is -2.26. The van der Waals surface area contributed by atoms with Crippen LogP contribution in [0.3, 0.4) is 0 Å². The van der Waals surface area contributed by atoms with Gasteiger partial charge in [0.2, 0.25) is 0 Å². The van der Waals surface area contributed by atoms with Crippen LogP contribution in [0, 0.1) is 5.82 Å². The molecule has 0 bridgehead atoms. The van der Waals surface area contributed by atoms with Crippen LogP contribution in [0.25, 0.3) is 0 Å². The van der Waals surface area contributed by atoms with Crippen LogP contribution < -0.4 is 14.4 Å². The summed E-state index contributed by atoms with van der Waals surface area (Å²) in [5.74, 6) is -2.05. The smallest absolute Gasteiger partial charge is 0.341 e. The summed E-state index contributed by atoms with van der Waals surface area (Å²) in [5.41, 5.74) is 1.21. The SMILES string of the molecule is CCOC(=O)c1ccc(NC(=O)c2ccc3c(c2)N(S(=O)(=O)c2cc(Cl)ccc2OC)CCCC3)cc1F. The van der Waals surface area contributed by atoms with E-state index >= 15 is 0 Å². The number of anilines is 2. The number of halogens is 2. The largest absolute Gasteiger partial charge is 0.495 e. The van der Waals surface area contributed by atoms with Gasteiger partial charge in [-0.3, -0.25) is 9.10 Å². The highest BCUT2D eigenvalue weighted by Crippen LogP contribution is 2.36. The number of rotatable bonds is 7. The summed E-state index contributed by atoms with van der Waals surface area (Å²) in [4.78, 5) is 24.8. The van der Waals surface area contributed by atoms with Crippen molar-refractivity contribution in [3.63, 3.8) is 0 Å². The summed E-state index contributed by atoms with van der Waals surface area (Å²) in [6, 6.07) is 12.8. The molecule has 0 saturated heterocycles. The van der Waals surface area contributed by atoms with E-state index in [1.54, 1.807) is 25.1 Å². The van der Waals surface area contributed by atoms with Crippen LogP contribution in [0.4, 0.5) is 15.8 Å². The molecule has 1 aliphatic rings. The third-order valence-corrected chi connectivity index (χ3v) is 8.16. The Morgan fingerprint density at radius 1 is 1.08 bits per heavy atom. The molecule has 11 heteroatoms. The molecule has 1 amide bonds. The third kappa shape index (κ3) is 5.61. The fraction of sp³-hybridized carbons (Fsp3) is 0.259. The van der Waals surface area contributed by atoms with Crippen molar-refractivity contribution >= 4 is 44.9 Å². The maximum absolute atomic E-state index is 14.4. The van der Waals surface area contributed by atoms with E-state index < -0.39 is 27.7 Å². The Kier molecular flexibility index (Phi) is 8.23. The average Bonchev–Trinajstić information content (AvgIpc) is 3.11. The number of fused-ring (bicyclic) bond motifs is 1. The molecule has 0 aromatic heterocycles. The fourth-order valence-corrected chi connectivity index (χ4v) is 6.19. The van der Waals surface area contributed by atoms with Gasteiger partial charge in [0.15, 0.2) is 0 Å². The van der Waals surface area contributed by atoms with Crippen LogP contribution in [-0.4, -0.2) is 40.6 Å². The quantitative estimate of drug-likeness (QED) is 0.386. The number of benzene rings is 3. The van der Waals surface area contributed by atoms with Gasteiger partial charge in [0.25, 0.3) is 15.9 Å². The zero-order chi connectivity index (χ0) is 27.4. The third-order valence-electron chi connectivity index (χ3n) is 6.09.